The Morgan fingerprint density at radius 2 is 1.63 bits per heavy atom. The van der Waals surface area contributed by atoms with Crippen molar-refractivity contribution in [2.24, 2.45) is 5.92 Å². The zero-order valence-corrected chi connectivity index (χ0v) is 15.2. The summed E-state index contributed by atoms with van der Waals surface area (Å²) in [7, 11) is 0. The first kappa shape index (κ1) is 17.7. The lowest BCUT2D eigenvalue weighted by Gasteiger charge is -2.47. The molecule has 0 radical (unpaired) electrons. The van der Waals surface area contributed by atoms with Crippen molar-refractivity contribution < 1.29 is 14.0 Å². The lowest BCUT2D eigenvalue weighted by atomic mass is 9.83. The average Bonchev–Trinajstić information content (AvgIpc) is 2.73. The van der Waals surface area contributed by atoms with Crippen molar-refractivity contribution in [3.05, 3.63) is 71.5 Å². The fourth-order valence-electron chi connectivity index (χ4n) is 4.39. The van der Waals surface area contributed by atoms with Crippen LogP contribution in [0.15, 0.2) is 54.6 Å². The number of hydrogen-bond donors (Lipinski definition) is 0. The molecule has 0 spiro atoms. The molecule has 0 N–H and O–H groups in total. The maximum atomic E-state index is 14.1. The van der Waals surface area contributed by atoms with Crippen LogP contribution in [-0.2, 0) is 0 Å². The average molecular weight is 366 g/mol. The van der Waals surface area contributed by atoms with Gasteiger partial charge in [-0.15, -0.1) is 0 Å². The van der Waals surface area contributed by atoms with Crippen LogP contribution in [0.1, 0.15) is 40.0 Å². The Morgan fingerprint density at radius 3 is 2.41 bits per heavy atom. The number of likely N-dealkylation sites (tertiary alicyclic amines) is 2. The number of fused-ring (bicyclic) bond motifs is 1. The van der Waals surface area contributed by atoms with Gasteiger partial charge in [-0.05, 0) is 49.4 Å². The lowest BCUT2D eigenvalue weighted by Crippen LogP contribution is -2.56. The molecular formula is C22H23FN2O2. The van der Waals surface area contributed by atoms with Crippen molar-refractivity contribution in [2.45, 2.75) is 25.3 Å². The van der Waals surface area contributed by atoms with Gasteiger partial charge in [-0.1, -0.05) is 30.3 Å². The van der Waals surface area contributed by atoms with Crippen molar-refractivity contribution in [3.8, 4) is 0 Å². The maximum Gasteiger partial charge on any atom is 0.257 e. The Labute approximate surface area is 158 Å². The van der Waals surface area contributed by atoms with Crippen LogP contribution in [0.5, 0.6) is 0 Å². The third-order valence-electron chi connectivity index (χ3n) is 5.74. The molecule has 2 saturated heterocycles. The molecule has 27 heavy (non-hydrogen) atoms. The summed E-state index contributed by atoms with van der Waals surface area (Å²) in [5.41, 5.74) is 0.840. The first-order valence-corrected chi connectivity index (χ1v) is 9.55. The largest absolute Gasteiger partial charge is 0.338 e. The number of amides is 2. The van der Waals surface area contributed by atoms with Gasteiger partial charge in [0.05, 0.1) is 5.56 Å². The Morgan fingerprint density at radius 1 is 0.889 bits per heavy atom. The quantitative estimate of drug-likeness (QED) is 0.815. The second kappa shape index (κ2) is 7.51. The molecule has 140 valence electrons. The topological polar surface area (TPSA) is 40.6 Å². The molecule has 2 fully saturated rings. The fraction of sp³-hybridized carbons (Fsp3) is 0.364. The Kier molecular flexibility index (Phi) is 4.92. The molecule has 0 aromatic heterocycles. The summed E-state index contributed by atoms with van der Waals surface area (Å²) < 4.78 is 14.1. The molecule has 0 saturated carbocycles. The van der Waals surface area contributed by atoms with Crippen LogP contribution in [-0.4, -0.2) is 47.3 Å². The first-order valence-electron chi connectivity index (χ1n) is 9.55. The molecule has 2 aromatic rings. The number of carbonyl (C=O) groups excluding carboxylic acids is 2. The Bertz CT molecular complexity index is 839. The van der Waals surface area contributed by atoms with E-state index in [-0.39, 0.29) is 29.3 Å². The van der Waals surface area contributed by atoms with Gasteiger partial charge < -0.3 is 9.80 Å². The van der Waals surface area contributed by atoms with E-state index in [1.165, 1.54) is 6.07 Å². The van der Waals surface area contributed by atoms with Crippen LogP contribution in [0.2, 0.25) is 0 Å². The molecule has 4 rings (SSSR count). The summed E-state index contributed by atoms with van der Waals surface area (Å²) in [6.07, 6.45) is 2.61. The monoisotopic (exact) mass is 366 g/mol. The molecule has 2 aliphatic rings. The molecule has 2 atom stereocenters. The minimum Gasteiger partial charge on any atom is -0.338 e. The molecule has 4 nitrogen and oxygen atoms in total. The molecule has 0 aliphatic carbocycles. The molecule has 0 bridgehead atoms. The summed E-state index contributed by atoms with van der Waals surface area (Å²) >= 11 is 0. The molecule has 5 heteroatoms. The minimum absolute atomic E-state index is 0.0478. The number of carbonyl (C=O) groups is 2. The van der Waals surface area contributed by atoms with Crippen molar-refractivity contribution in [1.29, 1.82) is 0 Å². The van der Waals surface area contributed by atoms with Crippen LogP contribution in [0.4, 0.5) is 4.39 Å². The van der Waals surface area contributed by atoms with Gasteiger partial charge in [0.2, 0.25) is 0 Å². The summed E-state index contributed by atoms with van der Waals surface area (Å²) in [5, 5.41) is 0. The van der Waals surface area contributed by atoms with Gasteiger partial charge in [-0.3, -0.25) is 9.59 Å². The zero-order chi connectivity index (χ0) is 18.8. The third-order valence-corrected chi connectivity index (χ3v) is 5.74. The van der Waals surface area contributed by atoms with Crippen molar-refractivity contribution in [2.75, 3.05) is 19.6 Å². The van der Waals surface area contributed by atoms with Crippen molar-refractivity contribution in [3.63, 3.8) is 0 Å². The molecule has 2 unspecified atom stereocenters. The van der Waals surface area contributed by atoms with Crippen LogP contribution >= 0.6 is 0 Å². The van der Waals surface area contributed by atoms with E-state index in [9.17, 15) is 14.0 Å². The van der Waals surface area contributed by atoms with E-state index in [0.717, 1.165) is 19.3 Å². The van der Waals surface area contributed by atoms with Crippen molar-refractivity contribution in [1.82, 2.24) is 9.80 Å². The highest BCUT2D eigenvalue weighted by atomic mass is 19.1. The van der Waals surface area contributed by atoms with E-state index in [1.807, 2.05) is 40.1 Å². The number of piperidine rings is 2. The predicted octanol–water partition coefficient (Wildman–Crippen LogP) is 3.59. The van der Waals surface area contributed by atoms with E-state index in [0.29, 0.717) is 25.2 Å². The number of halogens is 1. The van der Waals surface area contributed by atoms with Crippen LogP contribution in [0.3, 0.4) is 0 Å². The summed E-state index contributed by atoms with van der Waals surface area (Å²) in [4.78, 5) is 29.4. The maximum absolute atomic E-state index is 14.1. The SMILES string of the molecule is O=C(c1ccccc1)N1CCC2C(CCCN2C(=O)c2ccccc2F)C1. The highest BCUT2D eigenvalue weighted by Gasteiger charge is 2.39. The van der Waals surface area contributed by atoms with Crippen LogP contribution in [0, 0.1) is 11.7 Å². The molecule has 2 heterocycles. The van der Waals surface area contributed by atoms with Gasteiger partial charge in [-0.25, -0.2) is 4.39 Å². The van der Waals surface area contributed by atoms with Gasteiger partial charge >= 0.3 is 0 Å². The number of rotatable bonds is 2. The van der Waals surface area contributed by atoms with Gasteiger partial charge in [0.15, 0.2) is 0 Å². The van der Waals surface area contributed by atoms with Gasteiger partial charge in [-0.2, -0.15) is 0 Å². The summed E-state index contributed by atoms with van der Waals surface area (Å²) in [6.45, 7) is 1.93. The smallest absolute Gasteiger partial charge is 0.257 e. The number of nitrogens with zero attached hydrogens (tertiary/aromatic N) is 2. The number of hydrogen-bond acceptors (Lipinski definition) is 2. The summed E-state index contributed by atoms with van der Waals surface area (Å²) in [5.74, 6) is -0.408. The molecule has 2 aliphatic heterocycles. The van der Waals surface area contributed by atoms with Gasteiger partial charge in [0.25, 0.3) is 11.8 Å². The van der Waals surface area contributed by atoms with E-state index in [2.05, 4.69) is 0 Å². The first-order chi connectivity index (χ1) is 13.1. The van der Waals surface area contributed by atoms with Crippen LogP contribution in [0.25, 0.3) is 0 Å². The lowest BCUT2D eigenvalue weighted by molar-refractivity contribution is 0.0195. The minimum atomic E-state index is -0.471. The highest BCUT2D eigenvalue weighted by Crippen LogP contribution is 2.32. The zero-order valence-electron chi connectivity index (χ0n) is 15.2. The van der Waals surface area contributed by atoms with E-state index in [1.54, 1.807) is 18.2 Å². The second-order valence-corrected chi connectivity index (χ2v) is 7.35. The number of benzene rings is 2. The Balaban J connectivity index is 1.49. The fourth-order valence-corrected chi connectivity index (χ4v) is 4.39. The normalized spacial score (nSPS) is 22.3. The van der Waals surface area contributed by atoms with E-state index < -0.39 is 5.82 Å². The highest BCUT2D eigenvalue weighted by molar-refractivity contribution is 5.95. The van der Waals surface area contributed by atoms with Gasteiger partial charge in [0.1, 0.15) is 5.82 Å². The van der Waals surface area contributed by atoms with Crippen LogP contribution < -0.4 is 0 Å². The molecule has 2 aromatic carbocycles. The second-order valence-electron chi connectivity index (χ2n) is 7.35. The molecular weight excluding hydrogens is 343 g/mol. The standard InChI is InChI=1S/C22H23FN2O2/c23-19-11-5-4-10-18(19)22(27)25-13-6-9-17-15-24(14-12-20(17)25)21(26)16-7-2-1-3-8-16/h1-5,7-8,10-11,17,20H,6,9,12-15H2. The third kappa shape index (κ3) is 3.46. The van der Waals surface area contributed by atoms with E-state index >= 15 is 0 Å². The Hall–Kier alpha value is -2.69. The molecule has 2 amide bonds. The van der Waals surface area contributed by atoms with E-state index in [4.69, 9.17) is 0 Å². The predicted molar refractivity (Wildman–Crippen MR) is 101 cm³/mol. The summed E-state index contributed by atoms with van der Waals surface area (Å²) in [6, 6.07) is 15.6. The van der Waals surface area contributed by atoms with Gasteiger partial charge in [0, 0.05) is 31.2 Å². The van der Waals surface area contributed by atoms with Crippen molar-refractivity contribution >= 4 is 11.8 Å².